The standard InChI is InChI=1S/2C25H28FN3O4.ClH/c2*1-3-28-15-20(25(31)32)24(30)19-12-21(26)23(13-22(19)28)29-10-8-27(9-11-29)14-17-4-6-18(7-5-17)16-33-2;/h2*4-7,12-13,15H,3,8-11,14,16H2,1-2H3,(H,31,32);1H. The molecule has 2 saturated heterocycles. The summed E-state index contributed by atoms with van der Waals surface area (Å²) in [4.78, 5) is 56.6. The zero-order chi connectivity index (χ0) is 47.1. The second-order valence-corrected chi connectivity index (χ2v) is 16.6. The molecule has 2 fully saturated rings. The van der Waals surface area contributed by atoms with Crippen molar-refractivity contribution >= 4 is 57.5 Å². The van der Waals surface area contributed by atoms with Crippen molar-refractivity contribution in [1.82, 2.24) is 18.9 Å². The largest absolute Gasteiger partial charge is 0.477 e. The molecular formula is C50H57ClF2N6O8. The maximum atomic E-state index is 15.0. The topological polar surface area (TPSA) is 150 Å². The van der Waals surface area contributed by atoms with Gasteiger partial charge in [-0.1, -0.05) is 48.5 Å². The lowest BCUT2D eigenvalue weighted by Crippen LogP contribution is -2.46. The van der Waals surface area contributed by atoms with Gasteiger partial charge in [0.1, 0.15) is 22.8 Å². The summed E-state index contributed by atoms with van der Waals surface area (Å²) in [7, 11) is 3.36. The molecule has 0 amide bonds. The second kappa shape index (κ2) is 22.5. The number of anilines is 2. The summed E-state index contributed by atoms with van der Waals surface area (Å²) in [5.74, 6) is -3.63. The number of methoxy groups -OCH3 is 2. The first-order valence-electron chi connectivity index (χ1n) is 22.1. The fraction of sp³-hybridized carbons (Fsp3) is 0.360. The molecule has 2 N–H and O–H groups in total. The van der Waals surface area contributed by atoms with Gasteiger partial charge >= 0.3 is 11.9 Å². The van der Waals surface area contributed by atoms with E-state index < -0.39 is 34.4 Å². The molecule has 2 aliphatic heterocycles. The zero-order valence-electron chi connectivity index (χ0n) is 38.2. The summed E-state index contributed by atoms with van der Waals surface area (Å²) in [6, 6.07) is 22.4. The number of aryl methyl sites for hydroxylation is 2. The number of benzene rings is 4. The molecule has 67 heavy (non-hydrogen) atoms. The van der Waals surface area contributed by atoms with Crippen LogP contribution in [-0.4, -0.2) is 108 Å². The maximum Gasteiger partial charge on any atom is 0.341 e. The van der Waals surface area contributed by atoms with Gasteiger partial charge in [-0.25, -0.2) is 18.4 Å². The lowest BCUT2D eigenvalue weighted by molar-refractivity contribution is 0.0684. The number of hydrogen-bond donors (Lipinski definition) is 2. The van der Waals surface area contributed by atoms with Gasteiger partial charge in [0, 0.05) is 116 Å². The Labute approximate surface area is 393 Å². The highest BCUT2D eigenvalue weighted by Gasteiger charge is 2.25. The Morgan fingerprint density at radius 1 is 0.552 bits per heavy atom. The monoisotopic (exact) mass is 942 g/mol. The smallest absolute Gasteiger partial charge is 0.341 e. The first-order chi connectivity index (χ1) is 31.8. The van der Waals surface area contributed by atoms with Crippen molar-refractivity contribution < 1.29 is 38.1 Å². The summed E-state index contributed by atoms with van der Waals surface area (Å²) in [6.45, 7) is 13.3. The van der Waals surface area contributed by atoms with Crippen LogP contribution in [0.5, 0.6) is 0 Å². The number of nitrogens with zero attached hydrogens (tertiary/aromatic N) is 6. The summed E-state index contributed by atoms with van der Waals surface area (Å²) in [5.41, 5.74) is 4.68. The molecule has 0 unspecified atom stereocenters. The molecule has 2 aromatic heterocycles. The van der Waals surface area contributed by atoms with Gasteiger partial charge in [-0.05, 0) is 60.4 Å². The SMILES string of the molecule is CCn1cc(C(=O)O)c(=O)c2cc(F)c(N3CCN(Cc4ccc(COC)cc4)CC3)cc21.CCn1cc(C(=O)O)c(=O)c2cc(F)c(N3CCN(Cc4ccc(COC)cc4)CC3)cc21.Cl. The fourth-order valence-corrected chi connectivity index (χ4v) is 8.74. The molecule has 17 heteroatoms. The second-order valence-electron chi connectivity index (χ2n) is 16.6. The molecule has 6 aromatic rings. The van der Waals surface area contributed by atoms with Crippen LogP contribution in [0.2, 0.25) is 0 Å². The minimum absolute atomic E-state index is 0. The molecule has 0 saturated carbocycles. The number of fused-ring (bicyclic) bond motifs is 2. The highest BCUT2D eigenvalue weighted by atomic mass is 35.5. The summed E-state index contributed by atoms with van der Waals surface area (Å²) >= 11 is 0. The van der Waals surface area contributed by atoms with Gasteiger partial charge in [-0.15, -0.1) is 12.4 Å². The van der Waals surface area contributed by atoms with Crippen LogP contribution in [0.1, 0.15) is 56.8 Å². The van der Waals surface area contributed by atoms with Crippen molar-refractivity contribution in [2.75, 3.05) is 76.4 Å². The molecule has 8 rings (SSSR count). The Hall–Kier alpha value is -6.17. The van der Waals surface area contributed by atoms with E-state index in [0.29, 0.717) is 74.9 Å². The van der Waals surface area contributed by atoms with E-state index in [0.717, 1.165) is 50.4 Å². The van der Waals surface area contributed by atoms with E-state index in [2.05, 4.69) is 58.3 Å². The van der Waals surface area contributed by atoms with Gasteiger partial charge in [-0.3, -0.25) is 19.4 Å². The van der Waals surface area contributed by atoms with E-state index in [9.17, 15) is 29.4 Å². The zero-order valence-corrected chi connectivity index (χ0v) is 39.0. The van der Waals surface area contributed by atoms with Gasteiger partial charge < -0.3 is 38.6 Å². The third kappa shape index (κ3) is 11.5. The molecule has 4 heterocycles. The minimum Gasteiger partial charge on any atom is -0.477 e. The summed E-state index contributed by atoms with van der Waals surface area (Å²) in [5, 5.41) is 18.8. The van der Waals surface area contributed by atoms with Crippen molar-refractivity contribution in [2.24, 2.45) is 0 Å². The Morgan fingerprint density at radius 2 is 0.881 bits per heavy atom. The van der Waals surface area contributed by atoms with Gasteiger partial charge in [0.25, 0.3) is 0 Å². The normalized spacial score (nSPS) is 14.5. The van der Waals surface area contributed by atoms with E-state index in [1.807, 2.05) is 23.6 Å². The molecule has 4 aromatic carbocycles. The lowest BCUT2D eigenvalue weighted by atomic mass is 10.1. The van der Waals surface area contributed by atoms with Crippen LogP contribution in [0.25, 0.3) is 21.8 Å². The van der Waals surface area contributed by atoms with Crippen LogP contribution >= 0.6 is 12.4 Å². The van der Waals surface area contributed by atoms with Crippen molar-refractivity contribution in [2.45, 2.75) is 53.2 Å². The van der Waals surface area contributed by atoms with Crippen molar-refractivity contribution in [3.8, 4) is 0 Å². The number of carboxylic acids is 2. The molecule has 0 spiro atoms. The highest BCUT2D eigenvalue weighted by molar-refractivity contribution is 5.94. The molecule has 356 valence electrons. The third-order valence-corrected chi connectivity index (χ3v) is 12.3. The average Bonchev–Trinajstić information content (AvgIpc) is 3.31. The van der Waals surface area contributed by atoms with E-state index in [-0.39, 0.29) is 34.3 Å². The number of pyridine rings is 2. The number of aromatic carboxylic acids is 2. The van der Waals surface area contributed by atoms with Gasteiger partial charge in [-0.2, -0.15) is 0 Å². The summed E-state index contributed by atoms with van der Waals surface area (Å²) in [6.07, 6.45) is 2.68. The summed E-state index contributed by atoms with van der Waals surface area (Å²) < 4.78 is 43.8. The van der Waals surface area contributed by atoms with Gasteiger partial charge in [0.2, 0.25) is 10.9 Å². The number of carbonyl (C=O) groups is 2. The Bertz CT molecular complexity index is 2630. The third-order valence-electron chi connectivity index (χ3n) is 12.3. The predicted octanol–water partition coefficient (Wildman–Crippen LogP) is 7.08. The number of hydrogen-bond acceptors (Lipinski definition) is 10. The lowest BCUT2D eigenvalue weighted by Gasteiger charge is -2.36. The first kappa shape index (κ1) is 50.2. The molecular weight excluding hydrogens is 886 g/mol. The van der Waals surface area contributed by atoms with Crippen molar-refractivity contribution in [3.05, 3.63) is 151 Å². The number of carboxylic acid groups (broad SMARTS) is 2. The molecule has 14 nitrogen and oxygen atoms in total. The Balaban J connectivity index is 0.000000218. The van der Waals surface area contributed by atoms with Crippen LogP contribution in [0.15, 0.2) is 94.8 Å². The molecule has 0 aliphatic carbocycles. The van der Waals surface area contributed by atoms with Crippen LogP contribution in [0.4, 0.5) is 20.2 Å². The van der Waals surface area contributed by atoms with E-state index in [1.54, 1.807) is 35.5 Å². The highest BCUT2D eigenvalue weighted by Crippen LogP contribution is 2.29. The molecule has 0 radical (unpaired) electrons. The Kier molecular flexibility index (Phi) is 16.9. The van der Waals surface area contributed by atoms with E-state index >= 15 is 8.78 Å². The Morgan fingerprint density at radius 3 is 1.18 bits per heavy atom. The predicted molar refractivity (Wildman–Crippen MR) is 258 cm³/mol. The van der Waals surface area contributed by atoms with Crippen LogP contribution in [0, 0.1) is 11.6 Å². The van der Waals surface area contributed by atoms with Crippen molar-refractivity contribution in [3.63, 3.8) is 0 Å². The number of ether oxygens (including phenoxy) is 2. The molecule has 2 aliphatic rings. The number of halogens is 3. The first-order valence-corrected chi connectivity index (χ1v) is 22.1. The average molecular weight is 943 g/mol. The number of rotatable bonds is 14. The van der Waals surface area contributed by atoms with E-state index in [4.69, 9.17) is 9.47 Å². The van der Waals surface area contributed by atoms with Gasteiger partial charge in [0.15, 0.2) is 0 Å². The molecule has 0 atom stereocenters. The van der Waals surface area contributed by atoms with Gasteiger partial charge in [0.05, 0.1) is 35.6 Å². The van der Waals surface area contributed by atoms with E-state index in [1.165, 1.54) is 35.7 Å². The van der Waals surface area contributed by atoms with Crippen LogP contribution in [0.3, 0.4) is 0 Å². The van der Waals surface area contributed by atoms with Crippen LogP contribution < -0.4 is 20.7 Å². The van der Waals surface area contributed by atoms with Crippen molar-refractivity contribution in [1.29, 1.82) is 0 Å². The van der Waals surface area contributed by atoms with Crippen LogP contribution in [-0.2, 0) is 48.9 Å². The number of aromatic nitrogens is 2. The maximum absolute atomic E-state index is 15.0. The number of piperazine rings is 2. The minimum atomic E-state index is -1.31. The quantitative estimate of drug-likeness (QED) is 0.115. The molecule has 0 bridgehead atoms. The fourth-order valence-electron chi connectivity index (χ4n) is 8.74.